The van der Waals surface area contributed by atoms with E-state index in [-0.39, 0.29) is 44.1 Å². The molecule has 0 saturated carbocycles. The number of nitrogens with zero attached hydrogens (tertiary/aromatic N) is 5. The van der Waals surface area contributed by atoms with Crippen LogP contribution in [0.4, 0.5) is 5.69 Å². The third-order valence-corrected chi connectivity index (χ3v) is 5.82. The van der Waals surface area contributed by atoms with Crippen molar-refractivity contribution in [2.75, 3.05) is 12.3 Å². The van der Waals surface area contributed by atoms with Crippen molar-refractivity contribution in [3.05, 3.63) is 93.7 Å². The van der Waals surface area contributed by atoms with Gasteiger partial charge in [-0.3, -0.25) is 4.98 Å². The standard InChI is InChI=1S/C9H5BrN2O2.C9H5N2O2.C5H5BrN2.C4H8O5.Y/c10-8-4-3-5-6(12-8)1-2-7(11-5)9(13)14;12-9(13)8-4-3-6-7(11-8)2-1-5-10-6;6-5-2-1-4(7)3-8-5;5-1-2(6)3(7)4(8)9;/h1-4H,(H,13,14);1-4H,(H,12,13);1-3H,7H2;2-3,5-7H,1H2,(H,8,9);/q;-1;;;. The summed E-state index contributed by atoms with van der Waals surface area (Å²) in [6, 6.07) is 16.4. The monoisotopic (exact) mass is 822 g/mol. The van der Waals surface area contributed by atoms with Gasteiger partial charge in [0, 0.05) is 32.7 Å². The molecule has 0 bridgehead atoms. The van der Waals surface area contributed by atoms with Gasteiger partial charge in [-0.15, -0.1) is 6.07 Å². The summed E-state index contributed by atoms with van der Waals surface area (Å²) in [5.74, 6) is -3.61. The number of aliphatic carboxylic acids is 1. The fourth-order valence-corrected chi connectivity index (χ4v) is 3.34. The van der Waals surface area contributed by atoms with E-state index >= 15 is 0 Å². The predicted octanol–water partition coefficient (Wildman–Crippen LogP) is 2.43. The van der Waals surface area contributed by atoms with Crippen LogP contribution in [0, 0.1) is 6.20 Å². The quantitative estimate of drug-likeness (QED) is 0.0992. The van der Waals surface area contributed by atoms with E-state index in [2.05, 4.69) is 63.0 Å². The molecule has 8 N–H and O–H groups in total. The number of carboxylic acids is 3. The number of aliphatic hydroxyl groups excluding tert-OH is 3. The largest absolute Gasteiger partial charge is 0.479 e. The maximum atomic E-state index is 10.6. The fourth-order valence-electron chi connectivity index (χ4n) is 2.78. The number of anilines is 1. The molecule has 0 aliphatic rings. The van der Waals surface area contributed by atoms with Crippen LogP contribution in [0.3, 0.4) is 0 Å². The number of pyridine rings is 5. The van der Waals surface area contributed by atoms with Gasteiger partial charge in [0.15, 0.2) is 6.10 Å². The fraction of sp³-hybridized carbons (Fsp3) is 0.111. The molecule has 233 valence electrons. The van der Waals surface area contributed by atoms with E-state index in [9.17, 15) is 14.4 Å². The maximum Gasteiger partial charge on any atom is 0.354 e. The van der Waals surface area contributed by atoms with Gasteiger partial charge in [-0.25, -0.2) is 29.3 Å². The zero-order chi connectivity index (χ0) is 32.8. The van der Waals surface area contributed by atoms with Crippen molar-refractivity contribution in [1.82, 2.24) is 24.9 Å². The number of carbonyl (C=O) groups is 3. The first-order valence-corrected chi connectivity index (χ1v) is 13.5. The summed E-state index contributed by atoms with van der Waals surface area (Å²) in [5, 5.41) is 50.2. The van der Waals surface area contributed by atoms with Crippen molar-refractivity contribution in [2.24, 2.45) is 0 Å². The first-order valence-electron chi connectivity index (χ1n) is 11.9. The van der Waals surface area contributed by atoms with Crippen molar-refractivity contribution in [1.29, 1.82) is 0 Å². The van der Waals surface area contributed by atoms with Crippen molar-refractivity contribution in [3.8, 4) is 0 Å². The smallest absolute Gasteiger partial charge is 0.354 e. The molecule has 2 atom stereocenters. The van der Waals surface area contributed by atoms with E-state index in [1.807, 2.05) is 0 Å². The Morgan fingerprint density at radius 1 is 0.756 bits per heavy atom. The van der Waals surface area contributed by atoms with Gasteiger partial charge < -0.3 is 41.4 Å². The van der Waals surface area contributed by atoms with E-state index in [0.717, 1.165) is 4.60 Å². The van der Waals surface area contributed by atoms with Crippen LogP contribution in [-0.2, 0) is 37.5 Å². The van der Waals surface area contributed by atoms with Crippen LogP contribution in [0.2, 0.25) is 0 Å². The van der Waals surface area contributed by atoms with Gasteiger partial charge in [0.1, 0.15) is 26.7 Å². The molecule has 0 aromatic carbocycles. The molecular weight excluding hydrogens is 801 g/mol. The topological polar surface area (TPSA) is 263 Å². The molecule has 0 spiro atoms. The van der Waals surface area contributed by atoms with E-state index in [1.54, 1.807) is 54.7 Å². The van der Waals surface area contributed by atoms with E-state index in [4.69, 9.17) is 36.4 Å². The Morgan fingerprint density at radius 3 is 1.73 bits per heavy atom. The van der Waals surface area contributed by atoms with Gasteiger partial charge in [-0.2, -0.15) is 6.07 Å². The minimum atomic E-state index is -1.89. The minimum absolute atomic E-state index is 0. The van der Waals surface area contributed by atoms with E-state index in [0.29, 0.717) is 32.4 Å². The normalized spacial score (nSPS) is 11.1. The van der Waals surface area contributed by atoms with Gasteiger partial charge in [0.05, 0.1) is 29.5 Å². The molecule has 1 radical (unpaired) electrons. The second-order valence-electron chi connectivity index (χ2n) is 8.10. The molecular formula is C27H23Br2N6O9Y-. The van der Waals surface area contributed by atoms with Crippen molar-refractivity contribution >= 4 is 77.5 Å². The first-order chi connectivity index (χ1) is 20.8. The Hall–Kier alpha value is -3.58. The Morgan fingerprint density at radius 2 is 1.27 bits per heavy atom. The van der Waals surface area contributed by atoms with Crippen LogP contribution in [0.1, 0.15) is 21.0 Å². The Kier molecular flexibility index (Phi) is 17.3. The molecule has 0 amide bonds. The van der Waals surface area contributed by atoms with E-state index in [1.165, 1.54) is 12.1 Å². The molecule has 5 heterocycles. The third-order valence-electron chi connectivity index (χ3n) is 4.90. The second kappa shape index (κ2) is 19.7. The minimum Gasteiger partial charge on any atom is -0.479 e. The summed E-state index contributed by atoms with van der Waals surface area (Å²) >= 11 is 6.40. The summed E-state index contributed by atoms with van der Waals surface area (Å²) in [7, 11) is 0. The Labute approximate surface area is 296 Å². The number of halogens is 2. The molecule has 5 rings (SSSR count). The van der Waals surface area contributed by atoms with Crippen molar-refractivity contribution < 1.29 is 77.7 Å². The molecule has 0 aliphatic carbocycles. The number of nitrogens with two attached hydrogens (primary N) is 1. The van der Waals surface area contributed by atoms with Gasteiger partial charge >= 0.3 is 17.9 Å². The van der Waals surface area contributed by atoms with Crippen molar-refractivity contribution in [2.45, 2.75) is 12.2 Å². The summed E-state index contributed by atoms with van der Waals surface area (Å²) in [4.78, 5) is 50.7. The van der Waals surface area contributed by atoms with Crippen LogP contribution in [-0.4, -0.2) is 92.3 Å². The first kappa shape index (κ1) is 39.4. The van der Waals surface area contributed by atoms with Crippen LogP contribution < -0.4 is 5.73 Å². The zero-order valence-electron chi connectivity index (χ0n) is 22.8. The molecule has 15 nitrogen and oxygen atoms in total. The number of aliphatic hydroxyl groups is 3. The maximum absolute atomic E-state index is 10.6. The van der Waals surface area contributed by atoms with Gasteiger partial charge in [0.2, 0.25) is 0 Å². The molecule has 0 saturated heterocycles. The van der Waals surface area contributed by atoms with Gasteiger partial charge in [-0.1, -0.05) is 12.3 Å². The van der Waals surface area contributed by atoms with Crippen LogP contribution in [0.25, 0.3) is 22.1 Å². The number of rotatable bonds is 5. The average Bonchev–Trinajstić information content (AvgIpc) is 3.02. The number of fused-ring (bicyclic) bond motifs is 2. The number of aromatic nitrogens is 5. The van der Waals surface area contributed by atoms with Crippen molar-refractivity contribution in [3.63, 3.8) is 0 Å². The van der Waals surface area contributed by atoms with Crippen LogP contribution in [0.5, 0.6) is 0 Å². The van der Waals surface area contributed by atoms with Gasteiger partial charge in [0.25, 0.3) is 0 Å². The van der Waals surface area contributed by atoms with Crippen LogP contribution >= 0.6 is 31.9 Å². The molecule has 5 aromatic rings. The summed E-state index contributed by atoms with van der Waals surface area (Å²) in [6.07, 6.45) is 0.759. The zero-order valence-corrected chi connectivity index (χ0v) is 28.8. The summed E-state index contributed by atoms with van der Waals surface area (Å²) in [6.45, 7) is -0.756. The summed E-state index contributed by atoms with van der Waals surface area (Å²) in [5.41, 5.74) is 8.55. The molecule has 45 heavy (non-hydrogen) atoms. The molecule has 5 aromatic heterocycles. The second-order valence-corrected chi connectivity index (χ2v) is 9.73. The van der Waals surface area contributed by atoms with Gasteiger partial charge in [-0.05, 0) is 85.4 Å². The molecule has 0 fully saturated rings. The SMILES string of the molecule is Nc1ccc(Br)nc1.O=C(O)C(O)C(O)CO.O=C(O)c1ccc2n[c-]ccc2n1.O=C(O)c1ccc2nc(Br)ccc2n1.[Y]. The molecule has 0 aliphatic heterocycles. The molecule has 18 heteroatoms. The summed E-state index contributed by atoms with van der Waals surface area (Å²) < 4.78 is 1.52. The number of carboxylic acid groups (broad SMARTS) is 3. The number of nitrogen functional groups attached to an aromatic ring is 1. The number of hydrogen-bond acceptors (Lipinski definition) is 12. The Balaban J connectivity index is 0.000000306. The third kappa shape index (κ3) is 13.5. The average molecular weight is 824 g/mol. The van der Waals surface area contributed by atoms with Crippen LogP contribution in [0.15, 0.2) is 76.1 Å². The number of hydrogen-bond donors (Lipinski definition) is 7. The number of aromatic carboxylic acids is 2. The predicted molar refractivity (Wildman–Crippen MR) is 163 cm³/mol. The molecule has 2 unspecified atom stereocenters. The van der Waals surface area contributed by atoms with E-state index < -0.39 is 36.7 Å². The Bertz CT molecular complexity index is 1710.